The van der Waals surface area contributed by atoms with Crippen LogP contribution in [0.2, 0.25) is 0 Å². The summed E-state index contributed by atoms with van der Waals surface area (Å²) in [5.41, 5.74) is 1.79. The smallest absolute Gasteiger partial charge is 0.251 e. The fourth-order valence-corrected chi connectivity index (χ4v) is 5.77. The monoisotopic (exact) mass is 407 g/mol. The number of amides is 2. The molecule has 1 aromatic heterocycles. The van der Waals surface area contributed by atoms with Crippen molar-refractivity contribution in [1.82, 2.24) is 25.3 Å². The van der Waals surface area contributed by atoms with Crippen molar-refractivity contribution in [3.63, 3.8) is 0 Å². The Morgan fingerprint density at radius 1 is 1.17 bits per heavy atom. The number of fused-ring (bicyclic) bond motifs is 4. The van der Waals surface area contributed by atoms with Crippen LogP contribution in [0.1, 0.15) is 41.7 Å². The van der Waals surface area contributed by atoms with Crippen LogP contribution < -0.4 is 5.32 Å². The van der Waals surface area contributed by atoms with E-state index < -0.39 is 0 Å². The number of H-pyrrole nitrogens is 1. The van der Waals surface area contributed by atoms with Crippen molar-refractivity contribution in [3.05, 3.63) is 53.9 Å². The minimum absolute atomic E-state index is 0.0659. The number of carbonyl (C=O) groups excluding carboxylic acids is 2. The molecule has 3 saturated heterocycles. The van der Waals surface area contributed by atoms with Gasteiger partial charge in [-0.05, 0) is 49.3 Å². The van der Waals surface area contributed by atoms with Crippen LogP contribution in [0.5, 0.6) is 0 Å². The maximum absolute atomic E-state index is 12.9. The second kappa shape index (κ2) is 8.22. The summed E-state index contributed by atoms with van der Waals surface area (Å²) in [5.74, 6) is 1.09. The molecule has 0 saturated carbocycles. The van der Waals surface area contributed by atoms with Crippen LogP contribution in [0, 0.1) is 11.8 Å². The number of carbonyl (C=O) groups is 2. The first-order valence-electron chi connectivity index (χ1n) is 11.0. The molecule has 2 N–H and O–H groups in total. The summed E-state index contributed by atoms with van der Waals surface area (Å²) < 4.78 is 0. The van der Waals surface area contributed by atoms with E-state index in [1.807, 2.05) is 36.4 Å². The number of rotatable bonds is 5. The molecule has 5 rings (SSSR count). The van der Waals surface area contributed by atoms with E-state index in [4.69, 9.17) is 0 Å². The molecule has 0 spiro atoms. The van der Waals surface area contributed by atoms with E-state index in [9.17, 15) is 9.59 Å². The molecule has 3 aliphatic rings. The lowest BCUT2D eigenvalue weighted by Gasteiger charge is -2.56. The highest BCUT2D eigenvalue weighted by Crippen LogP contribution is 2.41. The summed E-state index contributed by atoms with van der Waals surface area (Å²) in [7, 11) is 0. The van der Waals surface area contributed by atoms with Crippen LogP contribution in [-0.4, -0.2) is 63.5 Å². The highest BCUT2D eigenvalue weighted by molar-refractivity contribution is 5.94. The number of aromatic amines is 1. The Kier molecular flexibility index (Phi) is 5.29. The average Bonchev–Trinajstić information content (AvgIpc) is 3.27. The lowest BCUT2D eigenvalue weighted by atomic mass is 9.72. The normalized spacial score (nSPS) is 28.8. The van der Waals surface area contributed by atoms with E-state index >= 15 is 0 Å². The molecule has 2 bridgehead atoms. The van der Waals surface area contributed by atoms with Gasteiger partial charge in [0, 0.05) is 56.1 Å². The molecule has 3 fully saturated rings. The third-order valence-corrected chi connectivity index (χ3v) is 7.03. The lowest BCUT2D eigenvalue weighted by Crippen LogP contribution is -2.67. The van der Waals surface area contributed by atoms with Gasteiger partial charge in [0.05, 0.1) is 6.04 Å². The Morgan fingerprint density at radius 2 is 2.00 bits per heavy atom. The van der Waals surface area contributed by atoms with Crippen molar-refractivity contribution >= 4 is 11.8 Å². The van der Waals surface area contributed by atoms with Gasteiger partial charge in [-0.3, -0.25) is 19.6 Å². The zero-order valence-electron chi connectivity index (χ0n) is 17.2. The highest BCUT2D eigenvalue weighted by Gasteiger charge is 2.49. The average molecular weight is 408 g/mol. The number of aromatic nitrogens is 2. The molecule has 4 heterocycles. The van der Waals surface area contributed by atoms with Crippen molar-refractivity contribution < 1.29 is 9.59 Å². The number of hydrogen-bond acceptors (Lipinski definition) is 4. The lowest BCUT2D eigenvalue weighted by molar-refractivity contribution is -0.152. The molecule has 0 aliphatic carbocycles. The van der Waals surface area contributed by atoms with Crippen molar-refractivity contribution in [2.75, 3.05) is 19.6 Å². The number of hydrogen-bond donors (Lipinski definition) is 2. The van der Waals surface area contributed by atoms with Gasteiger partial charge in [-0.25, -0.2) is 0 Å². The van der Waals surface area contributed by atoms with Crippen LogP contribution >= 0.6 is 0 Å². The highest BCUT2D eigenvalue weighted by atomic mass is 16.2. The van der Waals surface area contributed by atoms with Gasteiger partial charge >= 0.3 is 0 Å². The van der Waals surface area contributed by atoms with E-state index in [1.54, 1.807) is 6.20 Å². The predicted octanol–water partition coefficient (Wildman–Crippen LogP) is 2.04. The van der Waals surface area contributed by atoms with Gasteiger partial charge in [0.1, 0.15) is 0 Å². The molecule has 2 amide bonds. The zero-order chi connectivity index (χ0) is 20.5. The van der Waals surface area contributed by atoms with Gasteiger partial charge in [0.15, 0.2) is 0 Å². The quantitative estimate of drug-likeness (QED) is 0.795. The molecule has 0 unspecified atom stereocenters. The summed E-state index contributed by atoms with van der Waals surface area (Å²) >= 11 is 0. The molecule has 158 valence electrons. The number of piperidine rings is 3. The summed E-state index contributed by atoms with van der Waals surface area (Å²) in [6.45, 7) is 3.34. The van der Waals surface area contributed by atoms with Gasteiger partial charge in [-0.1, -0.05) is 18.2 Å². The summed E-state index contributed by atoms with van der Waals surface area (Å²) in [5, 5.41) is 10.3. The molecule has 2 aromatic rings. The Hall–Kier alpha value is -2.67. The number of nitrogens with one attached hydrogen (secondary N) is 2. The first-order chi connectivity index (χ1) is 14.7. The summed E-state index contributed by atoms with van der Waals surface area (Å²) in [6.07, 6.45) is 5.62. The van der Waals surface area contributed by atoms with E-state index in [0.29, 0.717) is 36.4 Å². The largest absolute Gasteiger partial charge is 0.350 e. The topological polar surface area (TPSA) is 81.3 Å². The van der Waals surface area contributed by atoms with E-state index in [0.717, 1.165) is 44.6 Å². The molecule has 30 heavy (non-hydrogen) atoms. The second-order valence-electron chi connectivity index (χ2n) is 8.94. The van der Waals surface area contributed by atoms with Crippen LogP contribution in [0.4, 0.5) is 0 Å². The van der Waals surface area contributed by atoms with Gasteiger partial charge < -0.3 is 10.2 Å². The second-order valence-corrected chi connectivity index (χ2v) is 8.94. The molecular formula is C23H29N5O2. The zero-order valence-corrected chi connectivity index (χ0v) is 17.2. The Bertz CT molecular complexity index is 884. The first-order valence-corrected chi connectivity index (χ1v) is 11.0. The minimum atomic E-state index is -0.0659. The van der Waals surface area contributed by atoms with Crippen LogP contribution in [-0.2, 0) is 11.3 Å². The third-order valence-electron chi connectivity index (χ3n) is 7.03. The van der Waals surface area contributed by atoms with E-state index in [1.165, 1.54) is 0 Å². The fraction of sp³-hybridized carbons (Fsp3) is 0.522. The number of likely N-dealkylation sites (tertiary alicyclic amines) is 1. The Morgan fingerprint density at radius 3 is 2.80 bits per heavy atom. The van der Waals surface area contributed by atoms with Crippen LogP contribution in [0.3, 0.4) is 0 Å². The van der Waals surface area contributed by atoms with Crippen molar-refractivity contribution in [2.45, 2.75) is 44.3 Å². The predicted molar refractivity (Wildman–Crippen MR) is 113 cm³/mol. The van der Waals surface area contributed by atoms with Gasteiger partial charge in [-0.15, -0.1) is 0 Å². The van der Waals surface area contributed by atoms with Crippen LogP contribution in [0.25, 0.3) is 0 Å². The fourth-order valence-electron chi connectivity index (χ4n) is 5.77. The molecule has 3 aliphatic heterocycles. The standard InChI is InChI=1S/C23H29N5O2/c29-22-8-4-7-20-17-11-18(14-27(13-17)15-19-9-10-25-26-19)21(28(20)22)12-24-23(30)16-5-2-1-3-6-16/h1-3,5-6,9-10,17-18,20-21H,4,7-8,11-15H2,(H,24,30)(H,25,26)/t17-,18+,20+,21+/m1/s1. The number of nitrogens with zero attached hydrogens (tertiary/aromatic N) is 3. The molecule has 0 radical (unpaired) electrons. The van der Waals surface area contributed by atoms with Gasteiger partial charge in [0.25, 0.3) is 5.91 Å². The van der Waals surface area contributed by atoms with Gasteiger partial charge in [0.2, 0.25) is 5.91 Å². The summed E-state index contributed by atoms with van der Waals surface area (Å²) in [6, 6.07) is 11.7. The Balaban J connectivity index is 1.33. The summed E-state index contributed by atoms with van der Waals surface area (Å²) in [4.78, 5) is 30.2. The first kappa shape index (κ1) is 19.3. The molecule has 7 heteroatoms. The maximum atomic E-state index is 12.9. The molecular weight excluding hydrogens is 378 g/mol. The number of benzene rings is 1. The van der Waals surface area contributed by atoms with Crippen molar-refractivity contribution in [2.24, 2.45) is 11.8 Å². The molecule has 1 aromatic carbocycles. The maximum Gasteiger partial charge on any atom is 0.251 e. The van der Waals surface area contributed by atoms with Gasteiger partial charge in [-0.2, -0.15) is 5.10 Å². The van der Waals surface area contributed by atoms with E-state index in [2.05, 4.69) is 25.3 Å². The van der Waals surface area contributed by atoms with E-state index in [-0.39, 0.29) is 17.9 Å². The van der Waals surface area contributed by atoms with Crippen molar-refractivity contribution in [3.8, 4) is 0 Å². The third kappa shape index (κ3) is 3.74. The van der Waals surface area contributed by atoms with Crippen molar-refractivity contribution in [1.29, 1.82) is 0 Å². The minimum Gasteiger partial charge on any atom is -0.350 e. The van der Waals surface area contributed by atoms with Crippen LogP contribution in [0.15, 0.2) is 42.6 Å². The molecule has 7 nitrogen and oxygen atoms in total. The SMILES string of the molecule is O=C(NC[C@H]1[C@H]2C[C@H](CN(Cc3ccn[nH]3)C2)[C@@H]2CCCC(=O)N21)c1ccccc1. The Labute approximate surface area is 176 Å². The molecule has 4 atom stereocenters.